The van der Waals surface area contributed by atoms with Crippen molar-refractivity contribution in [2.75, 3.05) is 32.8 Å². The number of carbonyl (C=O) groups is 1. The van der Waals surface area contributed by atoms with Gasteiger partial charge in [-0.05, 0) is 52.6 Å². The molecule has 2 atom stereocenters. The van der Waals surface area contributed by atoms with E-state index in [-0.39, 0.29) is 30.0 Å². The lowest BCUT2D eigenvalue weighted by atomic mass is 9.96. The fraction of sp³-hybridized carbons (Fsp3) is 0.417. The molecule has 0 unspecified atom stereocenters. The van der Waals surface area contributed by atoms with Crippen LogP contribution in [-0.4, -0.2) is 79.7 Å². The third kappa shape index (κ3) is 4.50. The largest absolute Gasteiger partial charge is 0.370 e. The highest BCUT2D eigenvalue weighted by Gasteiger charge is 2.36. The van der Waals surface area contributed by atoms with Gasteiger partial charge in [0.2, 0.25) is 5.91 Å². The smallest absolute Gasteiger partial charge is 0.227 e. The molecule has 0 spiro atoms. The Balaban J connectivity index is 1.21. The first-order chi connectivity index (χ1) is 16.9. The van der Waals surface area contributed by atoms with Gasteiger partial charge in [-0.3, -0.25) is 9.69 Å². The lowest BCUT2D eigenvalue weighted by Gasteiger charge is -2.46. The summed E-state index contributed by atoms with van der Waals surface area (Å²) in [6, 6.07) is 7.02. The first-order valence-electron chi connectivity index (χ1n) is 11.5. The van der Waals surface area contributed by atoms with Crippen molar-refractivity contribution in [2.45, 2.75) is 32.4 Å². The molecule has 2 aromatic heterocycles. The molecule has 0 bridgehead atoms. The highest BCUT2D eigenvalue weighted by Crippen LogP contribution is 2.31. The van der Waals surface area contributed by atoms with Gasteiger partial charge in [0.1, 0.15) is 18.2 Å². The quantitative estimate of drug-likeness (QED) is 0.557. The average Bonchev–Trinajstić information content (AvgIpc) is 3.38. The van der Waals surface area contributed by atoms with Crippen LogP contribution in [0.25, 0.3) is 5.82 Å². The van der Waals surface area contributed by atoms with Gasteiger partial charge in [0.25, 0.3) is 0 Å². The number of nitriles is 1. The Morgan fingerprint density at radius 3 is 2.89 bits per heavy atom. The van der Waals surface area contributed by atoms with E-state index in [4.69, 9.17) is 4.74 Å². The second-order valence-electron chi connectivity index (χ2n) is 8.97. The van der Waals surface area contributed by atoms with Crippen molar-refractivity contribution >= 4 is 5.91 Å². The van der Waals surface area contributed by atoms with Crippen molar-refractivity contribution in [2.24, 2.45) is 0 Å². The standard InChI is InChI=1S/C24H25FN8O2/c1-15-7-17(10-27-24(15)33-14-28-29-30-33)8-23(34)32-6-5-31-12-22(35-13-18(31)11-32)19-3-4-21(25)20(9-26)16(19)2/h3-4,7,10,14,18,22H,5-6,8,11-13H2,1-2H3/t18-,22+/m1/s1. The first-order valence-corrected chi connectivity index (χ1v) is 11.5. The Kier molecular flexibility index (Phi) is 6.23. The Morgan fingerprint density at radius 1 is 1.29 bits per heavy atom. The molecule has 2 aliphatic heterocycles. The second-order valence-corrected chi connectivity index (χ2v) is 8.97. The normalized spacial score (nSPS) is 20.3. The molecule has 11 heteroatoms. The Bertz CT molecular complexity index is 1290. The maximum Gasteiger partial charge on any atom is 0.227 e. The fourth-order valence-corrected chi connectivity index (χ4v) is 4.89. The van der Waals surface area contributed by atoms with Gasteiger partial charge in [0.05, 0.1) is 30.7 Å². The monoisotopic (exact) mass is 476 g/mol. The molecular formula is C24H25FN8O2. The third-order valence-corrected chi connectivity index (χ3v) is 6.79. The van der Waals surface area contributed by atoms with Gasteiger partial charge in [0, 0.05) is 32.4 Å². The van der Waals surface area contributed by atoms with E-state index in [0.717, 1.165) is 23.2 Å². The minimum absolute atomic E-state index is 0.0520. The van der Waals surface area contributed by atoms with Crippen LogP contribution in [0.1, 0.15) is 33.9 Å². The maximum atomic E-state index is 13.9. The number of amides is 1. The minimum atomic E-state index is -0.509. The number of carbonyl (C=O) groups excluding carboxylic acids is 1. The van der Waals surface area contributed by atoms with Crippen molar-refractivity contribution in [1.29, 1.82) is 5.26 Å². The van der Waals surface area contributed by atoms with Gasteiger partial charge in [-0.2, -0.15) is 9.94 Å². The van der Waals surface area contributed by atoms with Gasteiger partial charge in [-0.25, -0.2) is 9.37 Å². The summed E-state index contributed by atoms with van der Waals surface area (Å²) in [7, 11) is 0. The summed E-state index contributed by atoms with van der Waals surface area (Å²) in [5, 5.41) is 20.4. The topological polar surface area (TPSA) is 113 Å². The van der Waals surface area contributed by atoms with E-state index in [1.807, 2.05) is 24.0 Å². The summed E-state index contributed by atoms with van der Waals surface area (Å²) < 4.78 is 21.5. The van der Waals surface area contributed by atoms with E-state index >= 15 is 0 Å². The molecule has 180 valence electrons. The predicted molar refractivity (Wildman–Crippen MR) is 122 cm³/mol. The second kappa shape index (κ2) is 9.48. The van der Waals surface area contributed by atoms with Crippen LogP contribution in [0.15, 0.2) is 30.7 Å². The van der Waals surface area contributed by atoms with Crippen molar-refractivity contribution in [3.63, 3.8) is 0 Å². The van der Waals surface area contributed by atoms with Crippen LogP contribution in [0.3, 0.4) is 0 Å². The molecule has 2 fully saturated rings. The van der Waals surface area contributed by atoms with Crippen LogP contribution in [-0.2, 0) is 16.0 Å². The zero-order valence-corrected chi connectivity index (χ0v) is 19.6. The first kappa shape index (κ1) is 23.0. The number of pyridine rings is 1. The maximum absolute atomic E-state index is 13.9. The summed E-state index contributed by atoms with van der Waals surface area (Å²) in [5.41, 5.74) is 3.26. The molecule has 3 aromatic rings. The number of morpholine rings is 1. The number of benzene rings is 1. The lowest BCUT2D eigenvalue weighted by molar-refractivity contribution is -0.139. The van der Waals surface area contributed by atoms with Gasteiger partial charge in [-0.15, -0.1) is 5.10 Å². The zero-order valence-electron chi connectivity index (χ0n) is 19.6. The molecule has 2 aliphatic rings. The molecule has 0 aliphatic carbocycles. The number of nitrogens with zero attached hydrogens (tertiary/aromatic N) is 8. The third-order valence-electron chi connectivity index (χ3n) is 6.79. The van der Waals surface area contributed by atoms with E-state index < -0.39 is 5.82 Å². The number of tetrazole rings is 1. The average molecular weight is 477 g/mol. The Labute approximate surface area is 201 Å². The molecule has 0 N–H and O–H groups in total. The van der Waals surface area contributed by atoms with Crippen LogP contribution >= 0.6 is 0 Å². The van der Waals surface area contributed by atoms with Crippen molar-refractivity contribution in [3.05, 3.63) is 64.4 Å². The minimum Gasteiger partial charge on any atom is -0.370 e. The molecule has 2 saturated heterocycles. The SMILES string of the molecule is Cc1cc(CC(=O)N2CCN3C[C@@H](c4ccc(F)c(C#N)c4C)OC[C@H]3C2)cnc1-n1cnnn1. The molecule has 0 radical (unpaired) electrons. The Morgan fingerprint density at radius 2 is 2.14 bits per heavy atom. The van der Waals surface area contributed by atoms with E-state index in [0.29, 0.717) is 37.6 Å². The molecular weight excluding hydrogens is 451 g/mol. The number of ether oxygens (including phenoxy) is 1. The summed E-state index contributed by atoms with van der Waals surface area (Å²) in [6.07, 6.45) is 3.21. The number of hydrogen-bond donors (Lipinski definition) is 0. The van der Waals surface area contributed by atoms with Crippen LogP contribution in [0.4, 0.5) is 4.39 Å². The van der Waals surface area contributed by atoms with Crippen molar-refractivity contribution in [3.8, 4) is 11.9 Å². The number of hydrogen-bond acceptors (Lipinski definition) is 8. The predicted octanol–water partition coefficient (Wildman–Crippen LogP) is 1.51. The summed E-state index contributed by atoms with van der Waals surface area (Å²) >= 11 is 0. The number of piperazine rings is 1. The van der Waals surface area contributed by atoms with Crippen LogP contribution < -0.4 is 0 Å². The van der Waals surface area contributed by atoms with Crippen LogP contribution in [0.5, 0.6) is 0 Å². The molecule has 1 aromatic carbocycles. The number of halogens is 1. The summed E-state index contributed by atoms with van der Waals surface area (Å²) in [6.45, 7) is 6.73. The highest BCUT2D eigenvalue weighted by molar-refractivity contribution is 5.79. The van der Waals surface area contributed by atoms with Gasteiger partial charge in [-0.1, -0.05) is 12.1 Å². The van der Waals surface area contributed by atoms with Crippen LogP contribution in [0.2, 0.25) is 0 Å². The zero-order chi connectivity index (χ0) is 24.5. The van der Waals surface area contributed by atoms with Gasteiger partial charge in [0.15, 0.2) is 5.82 Å². The van der Waals surface area contributed by atoms with Crippen LogP contribution in [0, 0.1) is 31.0 Å². The van der Waals surface area contributed by atoms with Crippen molar-refractivity contribution < 1.29 is 13.9 Å². The van der Waals surface area contributed by atoms with Crippen molar-refractivity contribution in [1.82, 2.24) is 35.0 Å². The number of fused-ring (bicyclic) bond motifs is 1. The fourth-order valence-electron chi connectivity index (χ4n) is 4.89. The highest BCUT2D eigenvalue weighted by atomic mass is 19.1. The summed E-state index contributed by atoms with van der Waals surface area (Å²) in [4.78, 5) is 21.7. The number of aryl methyl sites for hydroxylation is 1. The van der Waals surface area contributed by atoms with E-state index in [9.17, 15) is 14.4 Å². The Hall–Kier alpha value is -3.75. The number of aromatic nitrogens is 5. The van der Waals surface area contributed by atoms with E-state index in [2.05, 4.69) is 25.4 Å². The molecule has 4 heterocycles. The molecule has 35 heavy (non-hydrogen) atoms. The summed E-state index contributed by atoms with van der Waals surface area (Å²) in [5.74, 6) is 0.174. The molecule has 1 amide bonds. The van der Waals surface area contributed by atoms with E-state index in [1.54, 1.807) is 19.2 Å². The lowest BCUT2D eigenvalue weighted by Crippen LogP contribution is -2.59. The molecule has 0 saturated carbocycles. The van der Waals surface area contributed by atoms with E-state index in [1.165, 1.54) is 17.1 Å². The molecule has 10 nitrogen and oxygen atoms in total. The number of rotatable bonds is 4. The van der Waals surface area contributed by atoms with Gasteiger partial charge >= 0.3 is 0 Å². The molecule has 5 rings (SSSR count). The van der Waals surface area contributed by atoms with Gasteiger partial charge < -0.3 is 9.64 Å².